The fourth-order valence-corrected chi connectivity index (χ4v) is 4.07. The van der Waals surface area contributed by atoms with Crippen LogP contribution in [0.15, 0.2) is 22.6 Å². The number of nitrogens with zero attached hydrogens (tertiary/aromatic N) is 1. The normalized spacial score (nSPS) is 18.6. The van der Waals surface area contributed by atoms with E-state index in [0.29, 0.717) is 6.42 Å². The Morgan fingerprint density at radius 1 is 1.23 bits per heavy atom. The standard InChI is InChI=1S/C13H13ClFNO5S/c14-9-3-2-7(15)6-8(9)12-10(17)11(18)13(21-12)16-4-1-5-22(16,19)20/h2-3,6,17-20H,1,4-5H2. The van der Waals surface area contributed by atoms with Gasteiger partial charge < -0.3 is 14.6 Å². The Labute approximate surface area is 131 Å². The molecule has 9 heteroatoms. The molecule has 1 aliphatic heterocycles. The molecule has 0 radical (unpaired) electrons. The molecule has 0 unspecified atom stereocenters. The van der Waals surface area contributed by atoms with Crippen LogP contribution in [0, 0.1) is 5.82 Å². The third-order valence-corrected chi connectivity index (χ3v) is 5.59. The van der Waals surface area contributed by atoms with Crippen LogP contribution in [0.1, 0.15) is 6.42 Å². The van der Waals surface area contributed by atoms with Gasteiger partial charge in [-0.25, -0.2) is 8.70 Å². The number of hydrogen-bond acceptors (Lipinski definition) is 6. The van der Waals surface area contributed by atoms with Gasteiger partial charge >= 0.3 is 0 Å². The molecule has 120 valence electrons. The molecule has 1 aliphatic rings. The van der Waals surface area contributed by atoms with Gasteiger partial charge in [-0.3, -0.25) is 9.11 Å². The van der Waals surface area contributed by atoms with Crippen molar-refractivity contribution in [3.63, 3.8) is 0 Å². The van der Waals surface area contributed by atoms with Gasteiger partial charge in [-0.2, -0.15) is 0 Å². The number of aromatic hydroxyl groups is 2. The summed E-state index contributed by atoms with van der Waals surface area (Å²) in [5, 5.41) is 20.1. The maximum absolute atomic E-state index is 13.4. The summed E-state index contributed by atoms with van der Waals surface area (Å²) in [6.45, 7) is 0.249. The molecular weight excluding hydrogens is 337 g/mol. The summed E-state index contributed by atoms with van der Waals surface area (Å²) in [6, 6.07) is 3.48. The Hall–Kier alpha value is -1.61. The van der Waals surface area contributed by atoms with Crippen molar-refractivity contribution in [1.29, 1.82) is 0 Å². The van der Waals surface area contributed by atoms with Gasteiger partial charge in [-0.1, -0.05) is 11.6 Å². The highest BCUT2D eigenvalue weighted by Crippen LogP contribution is 2.57. The molecule has 4 N–H and O–H groups in total. The van der Waals surface area contributed by atoms with E-state index in [1.165, 1.54) is 6.07 Å². The summed E-state index contributed by atoms with van der Waals surface area (Å²) in [6.07, 6.45) is 0.499. The van der Waals surface area contributed by atoms with E-state index < -0.39 is 28.1 Å². The second-order valence-corrected chi connectivity index (χ2v) is 7.37. The number of benzene rings is 1. The summed E-state index contributed by atoms with van der Waals surface area (Å²) in [5.74, 6) is -2.24. The van der Waals surface area contributed by atoms with E-state index in [0.717, 1.165) is 16.4 Å². The molecule has 22 heavy (non-hydrogen) atoms. The largest absolute Gasteiger partial charge is 0.502 e. The highest BCUT2D eigenvalue weighted by molar-refractivity contribution is 8.25. The number of rotatable bonds is 2. The first-order valence-corrected chi connectivity index (χ1v) is 8.40. The number of hydrogen-bond donors (Lipinski definition) is 4. The molecule has 2 aromatic rings. The first-order valence-electron chi connectivity index (χ1n) is 6.35. The molecule has 1 aromatic heterocycles. The fraction of sp³-hybridized carbons (Fsp3) is 0.231. The van der Waals surface area contributed by atoms with Crippen LogP contribution in [0.5, 0.6) is 11.5 Å². The minimum absolute atomic E-state index is 0.0522. The Kier molecular flexibility index (Phi) is 3.64. The SMILES string of the molecule is Oc1c(-c2cc(F)ccc2Cl)oc(N2CCCS2(O)O)c1O. The molecule has 0 bridgehead atoms. The quantitative estimate of drug-likeness (QED) is 0.653. The monoisotopic (exact) mass is 349 g/mol. The third-order valence-electron chi connectivity index (χ3n) is 3.37. The first-order chi connectivity index (χ1) is 10.3. The summed E-state index contributed by atoms with van der Waals surface area (Å²) < 4.78 is 39.7. The molecule has 2 heterocycles. The molecule has 1 aromatic carbocycles. The van der Waals surface area contributed by atoms with Crippen LogP contribution in [0.4, 0.5) is 10.3 Å². The average molecular weight is 350 g/mol. The molecule has 0 amide bonds. The number of halogens is 2. The van der Waals surface area contributed by atoms with Crippen molar-refractivity contribution >= 4 is 28.3 Å². The van der Waals surface area contributed by atoms with E-state index >= 15 is 0 Å². The van der Waals surface area contributed by atoms with Crippen LogP contribution in [0.3, 0.4) is 0 Å². The van der Waals surface area contributed by atoms with Crippen molar-refractivity contribution in [1.82, 2.24) is 0 Å². The predicted octanol–water partition coefficient (Wildman–Crippen LogP) is 4.03. The molecule has 0 saturated carbocycles. The topological polar surface area (TPSA) is 97.3 Å². The second-order valence-electron chi connectivity index (χ2n) is 4.85. The third kappa shape index (κ3) is 2.38. The summed E-state index contributed by atoms with van der Waals surface area (Å²) in [4.78, 5) is 0. The Balaban J connectivity index is 2.12. The van der Waals surface area contributed by atoms with Gasteiger partial charge in [0.2, 0.25) is 11.5 Å². The maximum atomic E-state index is 13.4. The molecule has 3 rings (SSSR count). The Bertz CT molecular complexity index is 735. The zero-order chi connectivity index (χ0) is 16.1. The van der Waals surface area contributed by atoms with Crippen LogP contribution >= 0.6 is 22.4 Å². The molecule has 6 nitrogen and oxygen atoms in total. The Morgan fingerprint density at radius 2 is 1.95 bits per heavy atom. The van der Waals surface area contributed by atoms with Gasteiger partial charge in [0.15, 0.2) is 5.76 Å². The highest BCUT2D eigenvalue weighted by atomic mass is 35.5. The van der Waals surface area contributed by atoms with Crippen molar-refractivity contribution in [3.05, 3.63) is 29.0 Å². The highest BCUT2D eigenvalue weighted by Gasteiger charge is 2.36. The van der Waals surface area contributed by atoms with Gasteiger partial charge in [-0.15, -0.1) is 10.8 Å². The molecule has 0 atom stereocenters. The fourth-order valence-electron chi connectivity index (χ4n) is 2.32. The van der Waals surface area contributed by atoms with E-state index in [-0.39, 0.29) is 34.5 Å². The van der Waals surface area contributed by atoms with Gasteiger partial charge in [0.1, 0.15) is 5.82 Å². The van der Waals surface area contributed by atoms with Crippen LogP contribution in [0.25, 0.3) is 11.3 Å². The lowest BCUT2D eigenvalue weighted by molar-refractivity contribution is 0.409. The van der Waals surface area contributed by atoms with Gasteiger partial charge in [0.25, 0.3) is 5.88 Å². The smallest absolute Gasteiger partial charge is 0.261 e. The number of furan rings is 1. The molecular formula is C13H13ClFNO5S. The zero-order valence-electron chi connectivity index (χ0n) is 11.2. The maximum Gasteiger partial charge on any atom is 0.261 e. The molecule has 1 fully saturated rings. The summed E-state index contributed by atoms with van der Waals surface area (Å²) in [5.41, 5.74) is 0.0522. The number of anilines is 1. The van der Waals surface area contributed by atoms with Crippen LogP contribution in [-0.4, -0.2) is 31.6 Å². The molecule has 0 aliphatic carbocycles. The predicted molar refractivity (Wildman–Crippen MR) is 82.1 cm³/mol. The van der Waals surface area contributed by atoms with Crippen molar-refractivity contribution in [2.45, 2.75) is 6.42 Å². The van der Waals surface area contributed by atoms with Crippen molar-refractivity contribution in [2.75, 3.05) is 16.6 Å². The molecule has 0 spiro atoms. The summed E-state index contributed by atoms with van der Waals surface area (Å²) in [7, 11) is -3.11. The minimum atomic E-state index is -3.11. The molecule has 1 saturated heterocycles. The second kappa shape index (κ2) is 5.24. The Morgan fingerprint density at radius 3 is 2.59 bits per heavy atom. The van der Waals surface area contributed by atoms with Gasteiger partial charge in [0.05, 0.1) is 10.8 Å². The average Bonchev–Trinajstić information content (AvgIpc) is 2.94. The van der Waals surface area contributed by atoms with E-state index in [9.17, 15) is 23.7 Å². The minimum Gasteiger partial charge on any atom is -0.502 e. The first kappa shape index (κ1) is 15.3. The van der Waals surface area contributed by atoms with E-state index in [4.69, 9.17) is 16.0 Å². The van der Waals surface area contributed by atoms with Crippen molar-refractivity contribution in [2.24, 2.45) is 0 Å². The lowest BCUT2D eigenvalue weighted by atomic mass is 10.1. The van der Waals surface area contributed by atoms with E-state index in [1.54, 1.807) is 0 Å². The zero-order valence-corrected chi connectivity index (χ0v) is 12.7. The van der Waals surface area contributed by atoms with E-state index in [1.807, 2.05) is 0 Å². The van der Waals surface area contributed by atoms with Crippen LogP contribution in [-0.2, 0) is 0 Å². The lowest BCUT2D eigenvalue weighted by Crippen LogP contribution is -2.21. The van der Waals surface area contributed by atoms with Gasteiger partial charge in [-0.05, 0) is 24.6 Å². The van der Waals surface area contributed by atoms with Gasteiger partial charge in [0, 0.05) is 12.1 Å². The van der Waals surface area contributed by atoms with Crippen molar-refractivity contribution < 1.29 is 28.1 Å². The summed E-state index contributed by atoms with van der Waals surface area (Å²) >= 11 is 5.95. The van der Waals surface area contributed by atoms with Crippen LogP contribution < -0.4 is 4.31 Å². The van der Waals surface area contributed by atoms with E-state index in [2.05, 4.69) is 0 Å². The lowest BCUT2D eigenvalue weighted by Gasteiger charge is -2.35. The van der Waals surface area contributed by atoms with Crippen LogP contribution in [0.2, 0.25) is 5.02 Å². The van der Waals surface area contributed by atoms with Crippen molar-refractivity contribution in [3.8, 4) is 22.8 Å².